The van der Waals surface area contributed by atoms with Crippen LogP contribution in [0.3, 0.4) is 0 Å². The number of benzene rings is 2. The van der Waals surface area contributed by atoms with Gasteiger partial charge in [0.1, 0.15) is 15.8 Å². The predicted octanol–water partition coefficient (Wildman–Crippen LogP) is 7.71. The van der Waals surface area contributed by atoms with Gasteiger partial charge in [-0.05, 0) is 61.3 Å². The first kappa shape index (κ1) is 23.6. The lowest BCUT2D eigenvalue weighted by atomic mass is 9.77. The van der Waals surface area contributed by atoms with E-state index in [1.165, 1.54) is 69.2 Å². The first-order chi connectivity index (χ1) is 16.1. The van der Waals surface area contributed by atoms with Crippen molar-refractivity contribution < 1.29 is 14.6 Å². The molecule has 0 amide bonds. The number of rotatable bonds is 9. The normalized spacial score (nSPS) is 18.1. The topological polar surface area (TPSA) is 71.5 Å². The van der Waals surface area contributed by atoms with Crippen molar-refractivity contribution in [2.45, 2.75) is 56.4 Å². The zero-order valence-corrected chi connectivity index (χ0v) is 20.7. The van der Waals surface area contributed by atoms with E-state index >= 15 is 0 Å². The molecule has 1 aliphatic rings. The summed E-state index contributed by atoms with van der Waals surface area (Å²) in [4.78, 5) is 15.9. The summed E-state index contributed by atoms with van der Waals surface area (Å²) in [6, 6.07) is 13.7. The van der Waals surface area contributed by atoms with Crippen molar-refractivity contribution in [1.29, 1.82) is 0 Å². The van der Waals surface area contributed by atoms with Crippen LogP contribution in [0.1, 0.15) is 67.3 Å². The molecule has 2 aromatic carbocycles. The zero-order chi connectivity index (χ0) is 23.2. The lowest BCUT2D eigenvalue weighted by molar-refractivity contribution is 0.0696. The van der Waals surface area contributed by atoms with E-state index in [-0.39, 0.29) is 5.56 Å². The molecule has 4 rings (SSSR count). The molecule has 1 heterocycles. The molecule has 1 aromatic heterocycles. The van der Waals surface area contributed by atoms with Gasteiger partial charge in [0.05, 0.1) is 18.4 Å². The van der Waals surface area contributed by atoms with Crippen LogP contribution in [-0.2, 0) is 0 Å². The Labute approximate surface area is 203 Å². The van der Waals surface area contributed by atoms with Crippen molar-refractivity contribution in [1.82, 2.24) is 4.98 Å². The van der Waals surface area contributed by atoms with E-state index < -0.39 is 5.97 Å². The molecule has 0 spiro atoms. The fourth-order valence-corrected chi connectivity index (χ4v) is 6.15. The average Bonchev–Trinajstić information content (AvgIpc) is 3.32. The van der Waals surface area contributed by atoms with Crippen LogP contribution in [0.5, 0.6) is 5.75 Å². The van der Waals surface area contributed by atoms with Gasteiger partial charge in [0.15, 0.2) is 0 Å². The lowest BCUT2D eigenvalue weighted by Gasteiger charge is -2.28. The second-order valence-electron chi connectivity index (χ2n) is 8.54. The molecule has 0 saturated heterocycles. The Hall–Kier alpha value is -2.51. The van der Waals surface area contributed by atoms with Gasteiger partial charge >= 0.3 is 5.97 Å². The van der Waals surface area contributed by atoms with Crippen LogP contribution in [0.25, 0.3) is 10.6 Å². The fraction of sp³-hybridized carbons (Fsp3) is 0.385. The van der Waals surface area contributed by atoms with E-state index in [1.807, 2.05) is 5.38 Å². The minimum atomic E-state index is -0.980. The molecule has 1 fully saturated rings. The van der Waals surface area contributed by atoms with Gasteiger partial charge in [-0.25, -0.2) is 9.78 Å². The second kappa shape index (κ2) is 11.1. The van der Waals surface area contributed by atoms with E-state index in [2.05, 4.69) is 35.9 Å². The van der Waals surface area contributed by atoms with Gasteiger partial charge in [0, 0.05) is 22.9 Å². The number of nitrogens with zero attached hydrogens (tertiary/aromatic N) is 1. The number of carboxylic acids is 1. The highest BCUT2D eigenvalue weighted by Crippen LogP contribution is 2.38. The molecular weight excluding hydrogens is 452 g/mol. The highest BCUT2D eigenvalue weighted by molar-refractivity contribution is 8.00. The maximum Gasteiger partial charge on any atom is 0.335 e. The Morgan fingerprint density at radius 2 is 1.94 bits per heavy atom. The number of methoxy groups -OCH3 is 1. The summed E-state index contributed by atoms with van der Waals surface area (Å²) in [5.74, 6) is 1.13. The Morgan fingerprint density at radius 1 is 1.18 bits per heavy atom. The smallest absolute Gasteiger partial charge is 0.335 e. The molecule has 1 saturated carbocycles. The van der Waals surface area contributed by atoms with Crippen LogP contribution in [0.15, 0.2) is 52.9 Å². The molecule has 0 aliphatic heterocycles. The van der Waals surface area contributed by atoms with Gasteiger partial charge < -0.3 is 14.6 Å². The molecule has 0 bridgehead atoms. The Kier molecular flexibility index (Phi) is 7.93. The largest absolute Gasteiger partial charge is 0.495 e. The average molecular weight is 483 g/mol. The van der Waals surface area contributed by atoms with Gasteiger partial charge in [0.2, 0.25) is 0 Å². The minimum Gasteiger partial charge on any atom is -0.495 e. The number of ether oxygens (including phenoxy) is 1. The van der Waals surface area contributed by atoms with Crippen LogP contribution in [0.4, 0.5) is 5.69 Å². The Balaban J connectivity index is 1.36. The summed E-state index contributed by atoms with van der Waals surface area (Å²) in [7, 11) is 1.53. The van der Waals surface area contributed by atoms with Crippen LogP contribution >= 0.6 is 23.3 Å². The summed E-state index contributed by atoms with van der Waals surface area (Å²) >= 11 is 3.01. The van der Waals surface area contributed by atoms with Crippen LogP contribution in [0, 0.1) is 5.92 Å². The van der Waals surface area contributed by atoms with Crippen LogP contribution < -0.4 is 9.46 Å². The number of nitrogens with one attached hydrogen (secondary N) is 1. The molecule has 0 unspecified atom stereocenters. The summed E-state index contributed by atoms with van der Waals surface area (Å²) < 4.78 is 8.54. The van der Waals surface area contributed by atoms with E-state index in [9.17, 15) is 4.79 Å². The third kappa shape index (κ3) is 5.89. The van der Waals surface area contributed by atoms with E-state index in [1.54, 1.807) is 23.5 Å². The maximum absolute atomic E-state index is 11.2. The first-order valence-corrected chi connectivity index (χ1v) is 13.2. The number of hydrogen-bond acceptors (Lipinski definition) is 6. The lowest BCUT2D eigenvalue weighted by Crippen LogP contribution is -2.13. The SMILES string of the molecule is CCC[C@H]1CC[C@H](c2ccc(-c3nc(SNc4ccc(C(=O)O)cc4OC)cs3)cc2)CC1. The second-order valence-corrected chi connectivity index (χ2v) is 10.2. The number of anilines is 1. The summed E-state index contributed by atoms with van der Waals surface area (Å²) in [6.07, 6.45) is 8.03. The number of thiazole rings is 1. The number of carbonyl (C=O) groups is 1. The van der Waals surface area contributed by atoms with Gasteiger partial charge in [-0.1, -0.05) is 44.0 Å². The molecule has 5 nitrogen and oxygen atoms in total. The maximum atomic E-state index is 11.2. The summed E-state index contributed by atoms with van der Waals surface area (Å²) in [5, 5.41) is 13.0. The summed E-state index contributed by atoms with van der Waals surface area (Å²) in [6.45, 7) is 2.29. The number of hydrogen-bond donors (Lipinski definition) is 2. The fourth-order valence-electron chi connectivity index (χ4n) is 4.54. The molecule has 3 aromatic rings. The van der Waals surface area contributed by atoms with E-state index in [0.717, 1.165) is 21.5 Å². The van der Waals surface area contributed by atoms with Crippen LogP contribution in [-0.4, -0.2) is 23.2 Å². The molecule has 0 radical (unpaired) electrons. The summed E-state index contributed by atoms with van der Waals surface area (Å²) in [5.41, 5.74) is 3.49. The molecule has 174 valence electrons. The number of carboxylic acid groups (broad SMARTS) is 1. The van der Waals surface area contributed by atoms with E-state index in [4.69, 9.17) is 14.8 Å². The van der Waals surface area contributed by atoms with Crippen molar-refractivity contribution in [2.24, 2.45) is 5.92 Å². The molecule has 0 atom stereocenters. The highest BCUT2D eigenvalue weighted by Gasteiger charge is 2.22. The van der Waals surface area contributed by atoms with Crippen molar-refractivity contribution >= 4 is 34.9 Å². The standard InChI is InChI=1S/C26H30N2O3S2/c1-3-4-17-5-7-18(8-6-17)19-9-11-20(12-10-19)25-27-24(16-32-25)33-28-22-14-13-21(26(29)30)15-23(22)31-2/h9-18,28H,3-8H2,1-2H3,(H,29,30)/t17-,18-. The van der Waals surface area contributed by atoms with Gasteiger partial charge in [-0.2, -0.15) is 0 Å². The van der Waals surface area contributed by atoms with Crippen LogP contribution in [0.2, 0.25) is 0 Å². The van der Waals surface area contributed by atoms with Crippen molar-refractivity contribution in [3.63, 3.8) is 0 Å². The monoisotopic (exact) mass is 482 g/mol. The van der Waals surface area contributed by atoms with Crippen molar-refractivity contribution in [2.75, 3.05) is 11.8 Å². The Morgan fingerprint density at radius 3 is 2.61 bits per heavy atom. The van der Waals surface area contributed by atoms with Gasteiger partial charge in [-0.3, -0.25) is 0 Å². The highest BCUT2D eigenvalue weighted by atomic mass is 32.2. The molecule has 33 heavy (non-hydrogen) atoms. The van der Waals surface area contributed by atoms with E-state index in [0.29, 0.717) is 17.4 Å². The zero-order valence-electron chi connectivity index (χ0n) is 19.0. The minimum absolute atomic E-state index is 0.191. The third-order valence-corrected chi connectivity index (χ3v) is 8.15. The third-order valence-electron chi connectivity index (χ3n) is 6.37. The first-order valence-electron chi connectivity index (χ1n) is 11.5. The molecular formula is C26H30N2O3S2. The number of aromatic nitrogens is 1. The Bertz CT molecular complexity index is 1070. The quantitative estimate of drug-likeness (QED) is 0.304. The van der Waals surface area contributed by atoms with Gasteiger partial charge in [0.25, 0.3) is 0 Å². The van der Waals surface area contributed by atoms with Crippen molar-refractivity contribution in [3.05, 3.63) is 59.0 Å². The molecule has 2 N–H and O–H groups in total. The molecule has 1 aliphatic carbocycles. The molecule has 7 heteroatoms. The van der Waals surface area contributed by atoms with Gasteiger partial charge in [-0.15, -0.1) is 11.3 Å². The van der Waals surface area contributed by atoms with Crippen molar-refractivity contribution in [3.8, 4) is 16.3 Å². The number of aromatic carboxylic acids is 1. The predicted molar refractivity (Wildman–Crippen MR) is 137 cm³/mol.